The predicted molar refractivity (Wildman–Crippen MR) is 73.8 cm³/mol. The van der Waals surface area contributed by atoms with Crippen LogP contribution in [0.15, 0.2) is 47.4 Å². The van der Waals surface area contributed by atoms with Crippen molar-refractivity contribution in [3.63, 3.8) is 0 Å². The van der Waals surface area contributed by atoms with Gasteiger partial charge in [-0.15, -0.1) is 0 Å². The van der Waals surface area contributed by atoms with Crippen molar-refractivity contribution in [3.8, 4) is 0 Å². The number of hydrogen-bond donors (Lipinski definition) is 0. The maximum absolute atomic E-state index is 5.90. The number of rotatable bonds is 3. The van der Waals surface area contributed by atoms with Crippen LogP contribution in [0.3, 0.4) is 0 Å². The van der Waals surface area contributed by atoms with Gasteiger partial charge in [0.15, 0.2) is 0 Å². The first-order valence-electron chi connectivity index (χ1n) is 5.22. The van der Waals surface area contributed by atoms with Crippen LogP contribution in [0.2, 0.25) is 0 Å². The Morgan fingerprint density at radius 3 is 2.69 bits per heavy atom. The Balaban J connectivity index is 2.69. The first-order valence-corrected chi connectivity index (χ1v) is 7.45. The minimum atomic E-state index is -0.232. The van der Waals surface area contributed by atoms with Gasteiger partial charge in [0.1, 0.15) is 11.1 Å². The highest BCUT2D eigenvalue weighted by Gasteiger charge is 2.13. The third kappa shape index (κ3) is 1.96. The molecule has 2 aromatic rings. The molecule has 1 aromatic carbocycles. The van der Waals surface area contributed by atoms with Crippen molar-refractivity contribution in [2.45, 2.75) is 0 Å². The van der Waals surface area contributed by atoms with Crippen LogP contribution < -0.4 is 5.50 Å². The zero-order valence-electron chi connectivity index (χ0n) is 9.60. The summed E-state index contributed by atoms with van der Waals surface area (Å²) in [6.45, 7) is 8.12. The van der Waals surface area contributed by atoms with Crippen LogP contribution in [-0.4, -0.2) is 13.3 Å². The van der Waals surface area contributed by atoms with Crippen LogP contribution in [0.4, 0.5) is 0 Å². The van der Waals surface area contributed by atoms with Crippen LogP contribution in [0, 0.1) is 0 Å². The normalized spacial score (nSPS) is 11.7. The van der Waals surface area contributed by atoms with Gasteiger partial charge in [-0.3, -0.25) is 0 Å². The molecule has 1 heterocycles. The van der Waals surface area contributed by atoms with E-state index in [-0.39, 0.29) is 7.92 Å². The van der Waals surface area contributed by atoms with Crippen LogP contribution in [0.5, 0.6) is 0 Å². The topological polar surface area (TPSA) is 13.1 Å². The molecule has 0 atom stereocenters. The van der Waals surface area contributed by atoms with E-state index >= 15 is 0 Å². The van der Waals surface area contributed by atoms with Crippen molar-refractivity contribution in [2.24, 2.45) is 0 Å². The largest absolute Gasteiger partial charge is 0.456 e. The summed E-state index contributed by atoms with van der Waals surface area (Å²) in [6.07, 6.45) is 5.83. The zero-order valence-corrected chi connectivity index (χ0v) is 10.5. The molecular formula is C14H15OP. The van der Waals surface area contributed by atoms with Crippen molar-refractivity contribution in [3.05, 3.63) is 48.6 Å². The van der Waals surface area contributed by atoms with Gasteiger partial charge in [0.05, 0.1) is 0 Å². The summed E-state index contributed by atoms with van der Waals surface area (Å²) in [5.74, 6) is 0. The van der Waals surface area contributed by atoms with Gasteiger partial charge in [-0.1, -0.05) is 43.0 Å². The standard InChI is InChI=1S/C14H15OP/c1-4-5-8-12-11-9-6-7-10-13(11)15-14(12)16(2)3/h4-10H,1H2,2-3H3/b8-5-. The summed E-state index contributed by atoms with van der Waals surface area (Å²) < 4.78 is 5.90. The lowest BCUT2D eigenvalue weighted by Gasteiger charge is -2.01. The smallest absolute Gasteiger partial charge is 0.135 e. The Bertz CT molecular complexity index is 535. The highest BCUT2D eigenvalue weighted by Crippen LogP contribution is 2.32. The Morgan fingerprint density at radius 2 is 2.00 bits per heavy atom. The highest BCUT2D eigenvalue weighted by atomic mass is 31.1. The quantitative estimate of drug-likeness (QED) is 0.573. The van der Waals surface area contributed by atoms with E-state index in [0.717, 1.165) is 11.1 Å². The van der Waals surface area contributed by atoms with E-state index < -0.39 is 0 Å². The van der Waals surface area contributed by atoms with E-state index in [1.165, 1.54) is 10.9 Å². The second-order valence-electron chi connectivity index (χ2n) is 3.81. The molecular weight excluding hydrogens is 215 g/mol. The molecule has 0 aliphatic rings. The van der Waals surface area contributed by atoms with Crippen LogP contribution in [-0.2, 0) is 0 Å². The number of furan rings is 1. The van der Waals surface area contributed by atoms with Crippen molar-refractivity contribution < 1.29 is 4.42 Å². The second kappa shape index (κ2) is 4.67. The summed E-state index contributed by atoms with van der Waals surface area (Å²) in [5.41, 5.74) is 3.28. The molecule has 0 saturated heterocycles. The van der Waals surface area contributed by atoms with E-state index in [1.807, 2.05) is 24.3 Å². The minimum Gasteiger partial charge on any atom is -0.456 e. The Hall–Kier alpha value is -1.33. The SMILES string of the molecule is C=C/C=C\c1c(P(C)C)oc2ccccc12. The molecule has 0 saturated carbocycles. The van der Waals surface area contributed by atoms with Crippen molar-refractivity contribution in [1.82, 2.24) is 0 Å². The van der Waals surface area contributed by atoms with Gasteiger partial charge in [-0.05, 0) is 27.3 Å². The summed E-state index contributed by atoms with van der Waals surface area (Å²) in [7, 11) is -0.232. The first-order chi connectivity index (χ1) is 7.74. The van der Waals surface area contributed by atoms with Crippen molar-refractivity contribution in [1.29, 1.82) is 0 Å². The molecule has 0 fully saturated rings. The number of para-hydroxylation sites is 1. The highest BCUT2D eigenvalue weighted by molar-refractivity contribution is 7.63. The molecule has 0 N–H and O–H groups in total. The number of fused-ring (bicyclic) bond motifs is 1. The average molecular weight is 230 g/mol. The lowest BCUT2D eigenvalue weighted by Crippen LogP contribution is -1.98. The lowest BCUT2D eigenvalue weighted by atomic mass is 10.1. The third-order valence-corrected chi connectivity index (χ3v) is 3.56. The minimum absolute atomic E-state index is 0.232. The number of benzene rings is 1. The molecule has 1 nitrogen and oxygen atoms in total. The monoisotopic (exact) mass is 230 g/mol. The molecule has 1 aromatic heterocycles. The maximum Gasteiger partial charge on any atom is 0.135 e. The summed E-state index contributed by atoms with van der Waals surface area (Å²) in [6, 6.07) is 8.16. The molecule has 82 valence electrons. The number of allylic oxidation sites excluding steroid dienone is 2. The second-order valence-corrected chi connectivity index (χ2v) is 6.00. The van der Waals surface area contributed by atoms with E-state index in [0.29, 0.717) is 0 Å². The molecule has 0 radical (unpaired) electrons. The van der Waals surface area contributed by atoms with E-state index in [9.17, 15) is 0 Å². The number of hydrogen-bond acceptors (Lipinski definition) is 1. The predicted octanol–water partition coefficient (Wildman–Crippen LogP) is 4.00. The lowest BCUT2D eigenvalue weighted by molar-refractivity contribution is 0.653. The molecule has 0 aliphatic carbocycles. The fourth-order valence-electron chi connectivity index (χ4n) is 1.71. The molecule has 0 spiro atoms. The molecule has 2 rings (SSSR count). The van der Waals surface area contributed by atoms with Gasteiger partial charge >= 0.3 is 0 Å². The third-order valence-electron chi connectivity index (χ3n) is 2.42. The van der Waals surface area contributed by atoms with Gasteiger partial charge in [0.2, 0.25) is 0 Å². The molecule has 0 bridgehead atoms. The van der Waals surface area contributed by atoms with E-state index in [1.54, 1.807) is 6.08 Å². The summed E-state index contributed by atoms with van der Waals surface area (Å²) in [4.78, 5) is 0. The Morgan fingerprint density at radius 1 is 1.25 bits per heavy atom. The zero-order chi connectivity index (χ0) is 11.5. The van der Waals surface area contributed by atoms with Gasteiger partial charge in [-0.2, -0.15) is 0 Å². The van der Waals surface area contributed by atoms with Crippen LogP contribution in [0.25, 0.3) is 17.0 Å². The molecule has 0 aliphatic heterocycles. The average Bonchev–Trinajstić information content (AvgIpc) is 2.65. The summed E-state index contributed by atoms with van der Waals surface area (Å²) in [5, 5.41) is 1.19. The molecule has 0 amide bonds. The van der Waals surface area contributed by atoms with E-state index in [2.05, 4.69) is 32.1 Å². The molecule has 2 heteroatoms. The van der Waals surface area contributed by atoms with Gasteiger partial charge < -0.3 is 4.42 Å². The Labute approximate surface area is 97.2 Å². The van der Waals surface area contributed by atoms with Crippen LogP contribution >= 0.6 is 7.92 Å². The van der Waals surface area contributed by atoms with Crippen molar-refractivity contribution >= 4 is 30.5 Å². The molecule has 0 unspecified atom stereocenters. The van der Waals surface area contributed by atoms with Gasteiger partial charge in [0, 0.05) is 10.9 Å². The van der Waals surface area contributed by atoms with Gasteiger partial charge in [-0.25, -0.2) is 0 Å². The van der Waals surface area contributed by atoms with Gasteiger partial charge in [0.25, 0.3) is 0 Å². The van der Waals surface area contributed by atoms with Crippen LogP contribution in [0.1, 0.15) is 5.56 Å². The maximum atomic E-state index is 5.90. The first kappa shape index (κ1) is 11.2. The summed E-state index contributed by atoms with van der Waals surface area (Å²) >= 11 is 0. The molecule has 16 heavy (non-hydrogen) atoms. The Kier molecular flexibility index (Phi) is 3.26. The van der Waals surface area contributed by atoms with Crippen molar-refractivity contribution in [2.75, 3.05) is 13.3 Å². The fourth-order valence-corrected chi connectivity index (χ4v) is 2.67. The van der Waals surface area contributed by atoms with E-state index in [4.69, 9.17) is 4.42 Å². The fraction of sp³-hybridized carbons (Fsp3) is 0.143.